The summed E-state index contributed by atoms with van der Waals surface area (Å²) in [4.78, 5) is 36.0. The molecule has 9 heteroatoms. The van der Waals surface area contributed by atoms with Crippen molar-refractivity contribution in [1.82, 2.24) is 4.98 Å². The average molecular weight is 589 g/mol. The van der Waals surface area contributed by atoms with Gasteiger partial charge in [-0.15, -0.1) is 11.3 Å². The first-order valence-corrected chi connectivity index (χ1v) is 14.7. The Morgan fingerprint density at radius 3 is 1.93 bits per heavy atom. The zero-order valence-corrected chi connectivity index (χ0v) is 25.4. The van der Waals surface area contributed by atoms with Crippen LogP contribution in [0.15, 0.2) is 90.3 Å². The lowest BCUT2D eigenvalue weighted by Gasteiger charge is -2.43. The van der Waals surface area contributed by atoms with E-state index < -0.39 is 28.8 Å². The van der Waals surface area contributed by atoms with Crippen molar-refractivity contribution in [3.05, 3.63) is 102 Å². The Labute approximate surface area is 250 Å². The van der Waals surface area contributed by atoms with Crippen LogP contribution in [-0.4, -0.2) is 28.0 Å². The summed E-state index contributed by atoms with van der Waals surface area (Å²) in [5.74, 6) is -2.15. The van der Waals surface area contributed by atoms with Gasteiger partial charge < -0.3 is 15.4 Å². The quantitative estimate of drug-likeness (QED) is 0.145. The first-order chi connectivity index (χ1) is 19.9. The SMILES string of the molecule is CC(C)C[C@@](C(N)=O)(C(=O)OC(C)(C)C)N(Cc1csc(N(c2ccccc2)c2ccccc2)n1)c1ccc(F)cc1. The molecule has 0 fully saturated rings. The zero-order valence-electron chi connectivity index (χ0n) is 24.6. The minimum atomic E-state index is -1.87. The summed E-state index contributed by atoms with van der Waals surface area (Å²) in [5, 5.41) is 2.59. The van der Waals surface area contributed by atoms with Gasteiger partial charge in [-0.25, -0.2) is 14.2 Å². The first kappa shape index (κ1) is 30.7. The minimum Gasteiger partial charge on any atom is -0.458 e. The fraction of sp³-hybridized carbons (Fsp3) is 0.303. The molecule has 0 aliphatic rings. The highest BCUT2D eigenvalue weighted by Crippen LogP contribution is 2.38. The van der Waals surface area contributed by atoms with Crippen LogP contribution >= 0.6 is 11.3 Å². The maximum Gasteiger partial charge on any atom is 0.342 e. The molecule has 4 rings (SSSR count). The fourth-order valence-electron chi connectivity index (χ4n) is 4.82. The zero-order chi connectivity index (χ0) is 30.5. The first-order valence-electron chi connectivity index (χ1n) is 13.8. The van der Waals surface area contributed by atoms with E-state index in [4.69, 9.17) is 15.5 Å². The highest BCUT2D eigenvalue weighted by molar-refractivity contribution is 7.14. The molecular formula is C33H37FN4O3S. The number of amides is 1. The Hall–Kier alpha value is -4.24. The lowest BCUT2D eigenvalue weighted by Crippen LogP contribution is -2.65. The molecule has 1 amide bonds. The number of hydrogen-bond donors (Lipinski definition) is 1. The van der Waals surface area contributed by atoms with Gasteiger partial charge in [0.25, 0.3) is 5.91 Å². The third kappa shape index (κ3) is 6.97. The summed E-state index contributed by atoms with van der Waals surface area (Å²) in [7, 11) is 0. The van der Waals surface area contributed by atoms with Crippen LogP contribution in [0.1, 0.15) is 46.7 Å². The molecule has 2 N–H and O–H groups in total. The Balaban J connectivity index is 1.83. The highest BCUT2D eigenvalue weighted by atomic mass is 32.1. The van der Waals surface area contributed by atoms with Crippen LogP contribution in [0.5, 0.6) is 0 Å². The van der Waals surface area contributed by atoms with Crippen LogP contribution in [0, 0.1) is 11.7 Å². The maximum absolute atomic E-state index is 14.0. The van der Waals surface area contributed by atoms with Gasteiger partial charge in [-0.05, 0) is 81.6 Å². The third-order valence-electron chi connectivity index (χ3n) is 6.53. The Kier molecular flexibility index (Phi) is 9.31. The van der Waals surface area contributed by atoms with Crippen LogP contribution in [-0.2, 0) is 20.9 Å². The predicted molar refractivity (Wildman–Crippen MR) is 167 cm³/mol. The average Bonchev–Trinajstić information content (AvgIpc) is 3.39. The molecule has 0 saturated carbocycles. The predicted octanol–water partition coefficient (Wildman–Crippen LogP) is 7.37. The Morgan fingerprint density at radius 2 is 1.45 bits per heavy atom. The number of carbonyl (C=O) groups is 2. The van der Waals surface area contributed by atoms with Gasteiger partial charge in [-0.2, -0.15) is 0 Å². The van der Waals surface area contributed by atoms with Crippen LogP contribution in [0.4, 0.5) is 26.6 Å². The standard InChI is InChI=1S/C33H37FN4O3S/c1-23(2)20-33(29(35)39,30(40)41-32(3,4)5)37(26-18-16-24(34)17-19-26)21-25-22-42-31(36-25)38(27-12-8-6-9-13-27)28-14-10-7-11-15-28/h6-19,22-23H,20-21H2,1-5H3,(H2,35,39)/t33-/m1/s1. The van der Waals surface area contributed by atoms with Crippen molar-refractivity contribution >= 4 is 45.4 Å². The van der Waals surface area contributed by atoms with E-state index in [1.54, 1.807) is 25.7 Å². The molecule has 0 unspecified atom stereocenters. The molecule has 0 radical (unpaired) electrons. The van der Waals surface area contributed by atoms with Gasteiger partial charge >= 0.3 is 5.97 Å². The van der Waals surface area contributed by atoms with Crippen molar-refractivity contribution in [3.8, 4) is 0 Å². The lowest BCUT2D eigenvalue weighted by atomic mass is 9.85. The summed E-state index contributed by atoms with van der Waals surface area (Å²) < 4.78 is 19.8. The number of primary amides is 1. The summed E-state index contributed by atoms with van der Waals surface area (Å²) >= 11 is 1.43. The van der Waals surface area contributed by atoms with Gasteiger partial charge in [0, 0.05) is 22.4 Å². The van der Waals surface area contributed by atoms with Crippen molar-refractivity contribution in [2.75, 3.05) is 9.80 Å². The number of ether oxygens (including phenoxy) is 1. The van der Waals surface area contributed by atoms with Gasteiger partial charge in [0.15, 0.2) is 5.13 Å². The lowest BCUT2D eigenvalue weighted by molar-refractivity contribution is -0.165. The van der Waals surface area contributed by atoms with Crippen molar-refractivity contribution in [3.63, 3.8) is 0 Å². The van der Waals surface area contributed by atoms with Crippen molar-refractivity contribution < 1.29 is 18.7 Å². The molecule has 4 aromatic rings. The largest absolute Gasteiger partial charge is 0.458 e. The number of esters is 1. The number of nitrogens with zero attached hydrogens (tertiary/aromatic N) is 3. The van der Waals surface area contributed by atoms with Crippen molar-refractivity contribution in [1.29, 1.82) is 0 Å². The van der Waals surface area contributed by atoms with Crippen LogP contribution in [0.3, 0.4) is 0 Å². The van der Waals surface area contributed by atoms with Gasteiger partial charge in [0.05, 0.1) is 12.2 Å². The second kappa shape index (κ2) is 12.7. The number of thiazole rings is 1. The molecule has 7 nitrogen and oxygen atoms in total. The summed E-state index contributed by atoms with van der Waals surface area (Å²) in [6.45, 7) is 9.08. The van der Waals surface area contributed by atoms with E-state index in [1.807, 2.05) is 84.8 Å². The summed E-state index contributed by atoms with van der Waals surface area (Å²) in [6.07, 6.45) is 0.0891. The molecule has 0 spiro atoms. The molecule has 1 heterocycles. The van der Waals surface area contributed by atoms with E-state index in [0.29, 0.717) is 16.5 Å². The smallest absolute Gasteiger partial charge is 0.342 e. The number of rotatable bonds is 11. The van der Waals surface area contributed by atoms with Crippen molar-refractivity contribution in [2.45, 2.75) is 58.7 Å². The molecule has 1 aromatic heterocycles. The van der Waals surface area contributed by atoms with Gasteiger partial charge in [0.1, 0.15) is 11.4 Å². The van der Waals surface area contributed by atoms with E-state index in [1.165, 1.54) is 35.6 Å². The van der Waals surface area contributed by atoms with Gasteiger partial charge in [0.2, 0.25) is 5.54 Å². The van der Waals surface area contributed by atoms with Crippen LogP contribution < -0.4 is 15.5 Å². The number of para-hydroxylation sites is 2. The van der Waals surface area contributed by atoms with E-state index >= 15 is 0 Å². The minimum absolute atomic E-state index is 0.0501. The third-order valence-corrected chi connectivity index (χ3v) is 7.40. The van der Waals surface area contributed by atoms with Gasteiger partial charge in [-0.3, -0.25) is 9.69 Å². The molecular weight excluding hydrogens is 551 g/mol. The normalized spacial score (nSPS) is 12.9. The van der Waals surface area contributed by atoms with Crippen molar-refractivity contribution in [2.24, 2.45) is 11.7 Å². The highest BCUT2D eigenvalue weighted by Gasteiger charge is 2.53. The van der Waals surface area contributed by atoms with E-state index in [9.17, 15) is 14.0 Å². The molecule has 0 saturated heterocycles. The molecule has 0 aliphatic carbocycles. The van der Waals surface area contributed by atoms with Crippen LogP contribution in [0.2, 0.25) is 0 Å². The molecule has 42 heavy (non-hydrogen) atoms. The number of anilines is 4. The summed E-state index contributed by atoms with van der Waals surface area (Å²) in [6, 6.07) is 25.4. The number of carbonyl (C=O) groups excluding carboxylic acids is 2. The summed E-state index contributed by atoms with van der Waals surface area (Å²) in [5.41, 5.74) is 6.25. The molecule has 0 bridgehead atoms. The van der Waals surface area contributed by atoms with Crippen LogP contribution in [0.25, 0.3) is 0 Å². The van der Waals surface area contributed by atoms with E-state index in [0.717, 1.165) is 11.4 Å². The molecule has 220 valence electrons. The van der Waals surface area contributed by atoms with Gasteiger partial charge in [-0.1, -0.05) is 50.2 Å². The number of halogens is 1. The maximum atomic E-state index is 14.0. The number of hydrogen-bond acceptors (Lipinski definition) is 7. The Bertz CT molecular complexity index is 1450. The second-order valence-electron chi connectivity index (χ2n) is 11.5. The molecule has 3 aromatic carbocycles. The number of aromatic nitrogens is 1. The van der Waals surface area contributed by atoms with E-state index in [2.05, 4.69) is 0 Å². The molecule has 0 aliphatic heterocycles. The number of benzene rings is 3. The van der Waals surface area contributed by atoms with E-state index in [-0.39, 0.29) is 18.9 Å². The fourth-order valence-corrected chi connectivity index (χ4v) is 5.67. The molecule has 1 atom stereocenters. The monoisotopic (exact) mass is 588 g/mol. The number of nitrogens with two attached hydrogens (primary N) is 1. The Morgan fingerprint density at radius 1 is 0.905 bits per heavy atom. The second-order valence-corrected chi connectivity index (χ2v) is 12.4. The topological polar surface area (TPSA) is 88.8 Å².